The highest BCUT2D eigenvalue weighted by molar-refractivity contribution is 5.95. The summed E-state index contributed by atoms with van der Waals surface area (Å²) in [7, 11) is 0. The fourth-order valence-electron chi connectivity index (χ4n) is 10.8. The number of amides is 2. The van der Waals surface area contributed by atoms with E-state index in [1.807, 2.05) is 18.2 Å². The molecule has 10 unspecified atom stereocenters. The van der Waals surface area contributed by atoms with Crippen LogP contribution in [0, 0.1) is 23.2 Å². The van der Waals surface area contributed by atoms with Gasteiger partial charge < -0.3 is 39.4 Å². The summed E-state index contributed by atoms with van der Waals surface area (Å²) in [5, 5.41) is 17.6. The maximum absolute atomic E-state index is 15.0. The van der Waals surface area contributed by atoms with Gasteiger partial charge in [-0.25, -0.2) is 0 Å². The van der Waals surface area contributed by atoms with Crippen molar-refractivity contribution in [2.45, 2.75) is 158 Å². The van der Waals surface area contributed by atoms with E-state index in [9.17, 15) is 24.3 Å². The highest BCUT2D eigenvalue weighted by atomic mass is 16.8. The topological polar surface area (TPSA) is 174 Å². The molecule has 4 saturated heterocycles. The summed E-state index contributed by atoms with van der Waals surface area (Å²) in [4.78, 5) is 61.8. The molecule has 2 amide bonds. The Hall–Kier alpha value is -4.18. The molecule has 2 aromatic carbocycles. The van der Waals surface area contributed by atoms with Crippen LogP contribution in [-0.2, 0) is 56.0 Å². The molecule has 4 aliphatic heterocycles. The second-order valence-electron chi connectivity index (χ2n) is 19.9. The average molecular weight is 854 g/mol. The molecule has 10 atom stereocenters. The zero-order chi connectivity index (χ0) is 43.0. The van der Waals surface area contributed by atoms with Gasteiger partial charge in [-0.3, -0.25) is 24.0 Å². The van der Waals surface area contributed by atoms with Gasteiger partial charge in [0.15, 0.2) is 11.8 Å². The van der Waals surface area contributed by atoms with Gasteiger partial charge in [0.2, 0.25) is 5.91 Å². The fraction of sp³-hybridized carbons (Fsp3) is 0.625. The number of hydrogen-bond acceptors (Lipinski definition) is 12. The Morgan fingerprint density at radius 2 is 1.71 bits per heavy atom. The van der Waals surface area contributed by atoms with Crippen molar-refractivity contribution in [3.05, 3.63) is 76.9 Å². The Morgan fingerprint density at radius 3 is 2.45 bits per heavy atom. The maximum atomic E-state index is 15.0. The summed E-state index contributed by atoms with van der Waals surface area (Å²) >= 11 is 0. The Kier molecular flexibility index (Phi) is 10.9. The minimum absolute atomic E-state index is 0.0380. The molecule has 0 spiro atoms. The highest BCUT2D eigenvalue weighted by Crippen LogP contribution is 2.64. The van der Waals surface area contributed by atoms with Crippen molar-refractivity contribution in [1.29, 1.82) is 0 Å². The lowest BCUT2D eigenvalue weighted by atomic mass is 9.62. The smallest absolute Gasteiger partial charge is 0.327 e. The fourth-order valence-corrected chi connectivity index (χ4v) is 10.8. The molecular formula is C48H59N3O11. The van der Waals surface area contributed by atoms with Crippen molar-refractivity contribution in [2.24, 2.45) is 23.2 Å². The Bertz CT molecular complexity index is 2100. The summed E-state index contributed by atoms with van der Waals surface area (Å²) in [6.45, 7) is 5.32. The number of benzene rings is 2. The van der Waals surface area contributed by atoms with Crippen molar-refractivity contribution < 1.29 is 52.8 Å². The number of rotatable bonds is 15. The summed E-state index contributed by atoms with van der Waals surface area (Å²) in [6.07, 6.45) is 10.4. The van der Waals surface area contributed by atoms with Crippen LogP contribution in [0.4, 0.5) is 0 Å². The molecule has 3 N–H and O–H groups in total. The van der Waals surface area contributed by atoms with Crippen LogP contribution in [0.2, 0.25) is 0 Å². The number of allylic oxidation sites excluding steroid dienone is 1. The molecule has 2 bridgehead atoms. The molecule has 8 fully saturated rings. The standard InChI is InChI=1S/C48H59N3O11/c1-46(2,3)59-38(53)19-17-34(26-52)50-43(54)31-9-5-7-29(21-31)24-49-45(56)47-23-37-39-40(61-48(60-39,32-13-14-32)33-15-16-33)42(47)62-51(41(47)44(55)58-37)25-30-8-4-6-27(20-30)10-11-28-12-18-35-36(22-28)57-35/h4-11,20-21,28,32-37,39-42,52H,12-19,22-26H2,1-3H3,(H,49,56)(H,50,54). The van der Waals surface area contributed by atoms with Gasteiger partial charge in [0, 0.05) is 36.8 Å². The number of aliphatic hydroxyl groups is 1. The van der Waals surface area contributed by atoms with Crippen molar-refractivity contribution in [2.75, 3.05) is 6.61 Å². The van der Waals surface area contributed by atoms with E-state index in [4.69, 9.17) is 28.5 Å². The average Bonchev–Trinajstić information content (AvgIpc) is 4.15. The van der Waals surface area contributed by atoms with E-state index in [-0.39, 0.29) is 56.7 Å². The van der Waals surface area contributed by atoms with Gasteiger partial charge in [-0.2, -0.15) is 5.06 Å². The SMILES string of the molecule is CC(C)(C)OC(=O)CCC(CO)NC(=O)c1cccc(CNC(=O)C23CC4OC(=O)C2N(Cc2cccc(C=CC5CCC6OC6C5)c2)OC3C2OC(C3CC3)(C3CC3)OC42)c1. The molecule has 8 aliphatic rings. The van der Waals surface area contributed by atoms with Crippen LogP contribution in [0.25, 0.3) is 6.08 Å². The maximum Gasteiger partial charge on any atom is 0.327 e. The summed E-state index contributed by atoms with van der Waals surface area (Å²) in [5.74, 6) is -1.46. The number of fused-ring (bicyclic) bond motifs is 5. The van der Waals surface area contributed by atoms with Gasteiger partial charge in [-0.15, -0.1) is 0 Å². The van der Waals surface area contributed by atoms with Crippen LogP contribution in [0.15, 0.2) is 54.6 Å². The first-order valence-corrected chi connectivity index (χ1v) is 22.7. The Labute approximate surface area is 362 Å². The molecular weight excluding hydrogens is 795 g/mol. The summed E-state index contributed by atoms with van der Waals surface area (Å²) in [5.41, 5.74) is 0.994. The lowest BCUT2D eigenvalue weighted by Crippen LogP contribution is -2.69. The second-order valence-corrected chi connectivity index (χ2v) is 19.9. The third-order valence-electron chi connectivity index (χ3n) is 14.1. The second kappa shape index (κ2) is 16.1. The van der Waals surface area contributed by atoms with Crippen molar-refractivity contribution >= 4 is 29.8 Å². The van der Waals surface area contributed by atoms with E-state index in [1.165, 1.54) is 0 Å². The van der Waals surface area contributed by atoms with Crippen molar-refractivity contribution in [3.63, 3.8) is 0 Å². The predicted molar refractivity (Wildman–Crippen MR) is 222 cm³/mol. The number of nitrogens with zero attached hydrogens (tertiary/aromatic N) is 1. The monoisotopic (exact) mass is 853 g/mol. The van der Waals surface area contributed by atoms with Crippen LogP contribution in [0.1, 0.15) is 112 Å². The van der Waals surface area contributed by atoms with Gasteiger partial charge in [0.25, 0.3) is 5.91 Å². The van der Waals surface area contributed by atoms with Crippen molar-refractivity contribution in [3.8, 4) is 0 Å². The van der Waals surface area contributed by atoms with Crippen LogP contribution < -0.4 is 10.6 Å². The van der Waals surface area contributed by atoms with Gasteiger partial charge in [-0.1, -0.05) is 48.6 Å². The number of nitrogens with one attached hydrogen (secondary N) is 2. The van der Waals surface area contributed by atoms with Crippen LogP contribution in [0.3, 0.4) is 0 Å². The first-order chi connectivity index (χ1) is 29.8. The molecule has 2 aromatic rings. The minimum atomic E-state index is -1.34. The quantitative estimate of drug-likeness (QED) is 0.164. The number of hydrogen-bond donors (Lipinski definition) is 3. The first-order valence-electron chi connectivity index (χ1n) is 22.7. The number of epoxide rings is 1. The molecule has 4 heterocycles. The number of carbonyl (C=O) groups excluding carboxylic acids is 4. The van der Waals surface area contributed by atoms with Gasteiger partial charge in [-0.05, 0) is 107 Å². The van der Waals surface area contributed by atoms with Crippen LogP contribution in [0.5, 0.6) is 0 Å². The van der Waals surface area contributed by atoms with E-state index in [2.05, 4.69) is 34.9 Å². The Balaban J connectivity index is 0.870. The predicted octanol–water partition coefficient (Wildman–Crippen LogP) is 4.90. The number of ether oxygens (including phenoxy) is 5. The van der Waals surface area contributed by atoms with Crippen LogP contribution >= 0.6 is 0 Å². The van der Waals surface area contributed by atoms with E-state index >= 15 is 0 Å². The molecule has 0 radical (unpaired) electrons. The number of hydroxylamine groups is 2. The third kappa shape index (κ3) is 8.11. The molecule has 62 heavy (non-hydrogen) atoms. The minimum Gasteiger partial charge on any atom is -0.460 e. The molecule has 14 nitrogen and oxygen atoms in total. The number of esters is 2. The van der Waals surface area contributed by atoms with E-state index in [1.54, 1.807) is 44.0 Å². The largest absolute Gasteiger partial charge is 0.460 e. The molecule has 4 saturated carbocycles. The van der Waals surface area contributed by atoms with Gasteiger partial charge in [0.05, 0.1) is 31.4 Å². The number of aliphatic hydroxyl groups excluding tert-OH is 1. The molecule has 4 aliphatic carbocycles. The Morgan fingerprint density at radius 1 is 0.952 bits per heavy atom. The molecule has 332 valence electrons. The third-order valence-corrected chi connectivity index (χ3v) is 14.1. The van der Waals surface area contributed by atoms with Crippen molar-refractivity contribution in [1.82, 2.24) is 15.7 Å². The van der Waals surface area contributed by atoms with E-state index in [0.717, 1.165) is 56.1 Å². The normalized spacial score (nSPS) is 33.6. The molecule has 10 rings (SSSR count). The molecule has 0 aromatic heterocycles. The zero-order valence-corrected chi connectivity index (χ0v) is 35.8. The zero-order valence-electron chi connectivity index (χ0n) is 35.8. The molecule has 14 heteroatoms. The summed E-state index contributed by atoms with van der Waals surface area (Å²) in [6, 6.07) is 13.4. The summed E-state index contributed by atoms with van der Waals surface area (Å²) < 4.78 is 31.3. The van der Waals surface area contributed by atoms with E-state index in [0.29, 0.717) is 29.3 Å². The highest BCUT2D eigenvalue weighted by Gasteiger charge is 2.78. The lowest BCUT2D eigenvalue weighted by Gasteiger charge is -2.48. The lowest BCUT2D eigenvalue weighted by molar-refractivity contribution is -0.235. The first kappa shape index (κ1) is 41.8. The van der Waals surface area contributed by atoms with E-state index < -0.39 is 71.1 Å². The van der Waals surface area contributed by atoms with Crippen LogP contribution in [-0.4, -0.2) is 101 Å². The number of carbonyl (C=O) groups is 4. The van der Waals surface area contributed by atoms with Gasteiger partial charge >= 0.3 is 11.9 Å². The van der Waals surface area contributed by atoms with Gasteiger partial charge in [0.1, 0.15) is 35.4 Å².